The minimum absolute atomic E-state index is 0.0446. The summed E-state index contributed by atoms with van der Waals surface area (Å²) in [7, 11) is -9.98. The first-order valence-electron chi connectivity index (χ1n) is 40.4. The second-order valence-corrected chi connectivity index (χ2v) is 29.5. The molecule has 0 radical (unpaired) electrons. The molecule has 0 saturated carbocycles. The number of phosphoric ester groups is 2. The number of hydrogen-bond acceptors (Lipinski definition) is 15. The Hall–Kier alpha value is -4.80. The molecular weight excluding hydrogens is 1350 g/mol. The lowest BCUT2D eigenvalue weighted by molar-refractivity contribution is -0.161. The van der Waals surface area contributed by atoms with Crippen molar-refractivity contribution in [2.75, 3.05) is 39.6 Å². The van der Waals surface area contributed by atoms with Gasteiger partial charge in [-0.05, 0) is 141 Å². The Balaban J connectivity index is 5.43. The molecule has 5 atom stereocenters. The Bertz CT molecular complexity index is 2490. The number of allylic oxidation sites excluding steroid dienone is 22. The van der Waals surface area contributed by atoms with Crippen molar-refractivity contribution < 1.29 is 80.2 Å². The van der Waals surface area contributed by atoms with Crippen molar-refractivity contribution in [1.29, 1.82) is 0 Å². The van der Waals surface area contributed by atoms with Crippen LogP contribution < -0.4 is 0 Å². The molecule has 0 aromatic carbocycles. The van der Waals surface area contributed by atoms with Crippen molar-refractivity contribution in [3.8, 4) is 0 Å². The minimum atomic E-state index is -5.00. The average Bonchev–Trinajstić information content (AvgIpc) is 0.906. The van der Waals surface area contributed by atoms with E-state index in [2.05, 4.69) is 161 Å². The lowest BCUT2D eigenvalue weighted by Gasteiger charge is -2.21. The maximum absolute atomic E-state index is 13.1. The number of ether oxygens (including phenoxy) is 4. The summed E-state index contributed by atoms with van der Waals surface area (Å²) in [4.78, 5) is 73.0. The number of phosphoric acid groups is 2. The van der Waals surface area contributed by atoms with Crippen LogP contribution >= 0.6 is 15.6 Å². The lowest BCUT2D eigenvalue weighted by atomic mass is 10.0. The molecule has 0 amide bonds. The van der Waals surface area contributed by atoms with Crippen molar-refractivity contribution in [1.82, 2.24) is 0 Å². The Morgan fingerprint density at radius 1 is 0.279 bits per heavy atom. The number of rotatable bonds is 75. The zero-order chi connectivity index (χ0) is 76.0. The zero-order valence-corrected chi connectivity index (χ0v) is 66.9. The number of esters is 4. The van der Waals surface area contributed by atoms with Crippen LogP contribution in [0.5, 0.6) is 0 Å². The van der Waals surface area contributed by atoms with Gasteiger partial charge in [0.05, 0.1) is 26.4 Å². The summed E-state index contributed by atoms with van der Waals surface area (Å²) in [6.45, 7) is 4.57. The van der Waals surface area contributed by atoms with Gasteiger partial charge >= 0.3 is 39.5 Å². The van der Waals surface area contributed by atoms with Crippen LogP contribution in [0.2, 0.25) is 0 Å². The fraction of sp³-hybridized carbons (Fsp3) is 0.694. The first-order chi connectivity index (χ1) is 50.7. The van der Waals surface area contributed by atoms with Crippen LogP contribution in [0, 0.1) is 0 Å². The average molecular weight is 1500 g/mol. The van der Waals surface area contributed by atoms with Crippen molar-refractivity contribution in [3.63, 3.8) is 0 Å². The van der Waals surface area contributed by atoms with E-state index in [9.17, 15) is 43.2 Å². The van der Waals surface area contributed by atoms with Gasteiger partial charge in [-0.1, -0.05) is 290 Å². The molecule has 0 aromatic heterocycles. The van der Waals surface area contributed by atoms with Gasteiger partial charge in [0.2, 0.25) is 0 Å². The van der Waals surface area contributed by atoms with Gasteiger partial charge < -0.3 is 33.8 Å². The number of aliphatic hydroxyl groups is 1. The highest BCUT2D eigenvalue weighted by atomic mass is 31.2. The number of carbonyl (C=O) groups excluding carboxylic acids is 4. The van der Waals surface area contributed by atoms with Crippen LogP contribution in [0.25, 0.3) is 0 Å². The smallest absolute Gasteiger partial charge is 0.462 e. The fourth-order valence-electron chi connectivity index (χ4n) is 10.5. The van der Waals surface area contributed by atoms with E-state index in [1.54, 1.807) is 0 Å². The summed E-state index contributed by atoms with van der Waals surface area (Å²) in [6.07, 6.45) is 85.7. The molecule has 17 nitrogen and oxygen atoms in total. The summed E-state index contributed by atoms with van der Waals surface area (Å²) in [6, 6.07) is 0. The van der Waals surface area contributed by atoms with Crippen LogP contribution in [0.4, 0.5) is 0 Å². The predicted molar refractivity (Wildman–Crippen MR) is 427 cm³/mol. The summed E-state index contributed by atoms with van der Waals surface area (Å²) < 4.78 is 68.6. The zero-order valence-electron chi connectivity index (χ0n) is 65.2. The normalized spacial score (nSPS) is 14.6. The summed E-state index contributed by atoms with van der Waals surface area (Å²) in [5.41, 5.74) is 0. The Labute approximate surface area is 631 Å². The van der Waals surface area contributed by atoms with Crippen LogP contribution in [0.3, 0.4) is 0 Å². The number of aliphatic hydroxyl groups excluding tert-OH is 1. The molecule has 3 N–H and O–H groups in total. The third kappa shape index (κ3) is 75.4. The van der Waals surface area contributed by atoms with E-state index >= 15 is 0 Å². The van der Waals surface area contributed by atoms with Gasteiger partial charge in [-0.3, -0.25) is 37.3 Å². The molecule has 0 saturated heterocycles. The molecule has 0 aromatic rings. The largest absolute Gasteiger partial charge is 0.472 e. The van der Waals surface area contributed by atoms with Gasteiger partial charge in [0.15, 0.2) is 12.2 Å². The van der Waals surface area contributed by atoms with Gasteiger partial charge in [0.25, 0.3) is 0 Å². The van der Waals surface area contributed by atoms with E-state index in [0.29, 0.717) is 25.7 Å². The van der Waals surface area contributed by atoms with E-state index in [0.717, 1.165) is 167 Å². The van der Waals surface area contributed by atoms with E-state index < -0.39 is 97.5 Å². The first-order valence-corrected chi connectivity index (χ1v) is 43.4. The standard InChI is InChI=1S/C85H144O17P2/c1-5-9-13-17-21-25-29-33-35-37-39-41-43-47-50-54-58-62-66-70-83(88)96-76-81(102-85(90)72-68-64-60-56-52-48-44-42-40-38-36-34-30-26-22-18-14-10-6-2)78-100-104(93,94)98-74-79(86)73-97-103(91,92)99-77-80(101-84(89)71-67-63-59-55-51-46-32-28-24-20-16-12-8-4)75-95-82(87)69-65-61-57-53-49-45-31-27-23-19-15-11-7-3/h9-10,13-14,21-22,25-27,31,33-36,39-42,47-48,50,52,79-81,86H,5-8,11-12,15-20,23-24,28-30,32,37-38,43-46,49,51,53-78H2,1-4H3,(H,91,92)(H,93,94)/b13-9-,14-10-,25-21-,26-22-,31-27-,35-33-,36-34-,41-39-,42-40-,50-47-,52-48-/t79-,80+,81+/m0/s1. The maximum Gasteiger partial charge on any atom is 0.472 e. The minimum Gasteiger partial charge on any atom is -0.462 e. The molecule has 596 valence electrons. The molecule has 0 rings (SSSR count). The third-order valence-corrected chi connectivity index (χ3v) is 18.5. The molecular formula is C85H144O17P2. The molecule has 0 aliphatic rings. The molecule has 0 spiro atoms. The van der Waals surface area contributed by atoms with Crippen molar-refractivity contribution in [3.05, 3.63) is 134 Å². The summed E-state index contributed by atoms with van der Waals surface area (Å²) >= 11 is 0. The Morgan fingerprint density at radius 2 is 0.500 bits per heavy atom. The molecule has 2 unspecified atom stereocenters. The number of carbonyl (C=O) groups is 4. The van der Waals surface area contributed by atoms with E-state index in [4.69, 9.17) is 37.0 Å². The molecule has 0 heterocycles. The third-order valence-electron chi connectivity index (χ3n) is 16.6. The monoisotopic (exact) mass is 1500 g/mol. The van der Waals surface area contributed by atoms with Gasteiger partial charge in [-0.25, -0.2) is 9.13 Å². The van der Waals surface area contributed by atoms with Gasteiger partial charge in [-0.2, -0.15) is 0 Å². The summed E-state index contributed by atoms with van der Waals surface area (Å²) in [5, 5.41) is 10.6. The molecule has 104 heavy (non-hydrogen) atoms. The SMILES string of the molecule is CC/C=C\C/C=C\C/C=C\C/C=C\C/C=C\CCCCCC(=O)OC[C@H](COP(=O)(O)OC[C@@H](O)COP(=O)(O)OC[C@@H](COC(=O)CCCCCCC/C=C\CCCCCC)OC(=O)CCCCCCCCCCCCCCC)OC(=O)CCCCC/C=C\C/C=C\C/C=C\C/C=C\C/C=C\CC. The van der Waals surface area contributed by atoms with Gasteiger partial charge in [-0.15, -0.1) is 0 Å². The molecule has 0 bridgehead atoms. The van der Waals surface area contributed by atoms with Crippen LogP contribution in [-0.4, -0.2) is 96.7 Å². The fourth-order valence-corrected chi connectivity index (χ4v) is 12.1. The predicted octanol–water partition coefficient (Wildman–Crippen LogP) is 23.7. The molecule has 0 aliphatic carbocycles. The van der Waals surface area contributed by atoms with Crippen molar-refractivity contribution >= 4 is 39.5 Å². The van der Waals surface area contributed by atoms with E-state index in [-0.39, 0.29) is 25.7 Å². The second kappa shape index (κ2) is 76.4. The Morgan fingerprint density at radius 3 is 0.798 bits per heavy atom. The van der Waals surface area contributed by atoms with Crippen molar-refractivity contribution in [2.45, 2.75) is 341 Å². The van der Waals surface area contributed by atoms with Crippen molar-refractivity contribution in [2.24, 2.45) is 0 Å². The second-order valence-electron chi connectivity index (χ2n) is 26.6. The molecule has 19 heteroatoms. The van der Waals surface area contributed by atoms with E-state index in [1.165, 1.54) is 77.0 Å². The van der Waals surface area contributed by atoms with Gasteiger partial charge in [0.1, 0.15) is 19.3 Å². The highest BCUT2D eigenvalue weighted by Gasteiger charge is 2.30. The Kier molecular flexibility index (Phi) is 72.9. The maximum atomic E-state index is 13.1. The quantitative estimate of drug-likeness (QED) is 0.0169. The molecule has 0 aliphatic heterocycles. The summed E-state index contributed by atoms with van der Waals surface area (Å²) in [5.74, 6) is -2.25. The highest BCUT2D eigenvalue weighted by molar-refractivity contribution is 7.47. The highest BCUT2D eigenvalue weighted by Crippen LogP contribution is 2.45. The van der Waals surface area contributed by atoms with Crippen LogP contribution in [0.1, 0.15) is 323 Å². The first kappa shape index (κ1) is 99.2. The lowest BCUT2D eigenvalue weighted by Crippen LogP contribution is -2.30. The molecule has 0 fully saturated rings. The number of hydrogen-bond donors (Lipinski definition) is 3. The van der Waals surface area contributed by atoms with E-state index in [1.807, 2.05) is 0 Å². The number of unbranched alkanes of at least 4 members (excludes halogenated alkanes) is 27. The van der Waals surface area contributed by atoms with Gasteiger partial charge in [0, 0.05) is 25.7 Å². The van der Waals surface area contributed by atoms with Crippen LogP contribution in [0.15, 0.2) is 134 Å². The topological polar surface area (TPSA) is 237 Å². The van der Waals surface area contributed by atoms with Crippen LogP contribution in [-0.2, 0) is 65.4 Å².